The minimum absolute atomic E-state index is 0.0306. The second-order valence-corrected chi connectivity index (χ2v) is 4.20. The summed E-state index contributed by atoms with van der Waals surface area (Å²) in [6.07, 6.45) is 0.661. The van der Waals surface area contributed by atoms with E-state index < -0.39 is 5.82 Å². The predicted molar refractivity (Wildman–Crippen MR) is 63.5 cm³/mol. The molecule has 0 aliphatic carbocycles. The summed E-state index contributed by atoms with van der Waals surface area (Å²) in [5.41, 5.74) is 0.576. The largest absolute Gasteiger partial charge is 0.469 e. The van der Waals surface area contributed by atoms with Crippen LogP contribution >= 0.6 is 0 Å². The molecule has 0 spiro atoms. The highest BCUT2D eigenvalue weighted by Gasteiger charge is 2.30. The Bertz CT molecular complexity index is 510. The molecule has 1 saturated heterocycles. The van der Waals surface area contributed by atoms with E-state index in [4.69, 9.17) is 10.00 Å². The van der Waals surface area contributed by atoms with Crippen molar-refractivity contribution >= 4 is 11.7 Å². The van der Waals surface area contributed by atoms with E-state index in [1.54, 1.807) is 12.1 Å². The maximum Gasteiger partial charge on any atom is 0.310 e. The van der Waals surface area contributed by atoms with Crippen LogP contribution in [0, 0.1) is 23.1 Å². The first kappa shape index (κ1) is 12.4. The summed E-state index contributed by atoms with van der Waals surface area (Å²) in [4.78, 5) is 13.3. The van der Waals surface area contributed by atoms with Gasteiger partial charge in [0.2, 0.25) is 0 Å². The lowest BCUT2D eigenvalue weighted by Crippen LogP contribution is -2.24. The number of anilines is 1. The lowest BCUT2D eigenvalue weighted by Gasteiger charge is -2.19. The summed E-state index contributed by atoms with van der Waals surface area (Å²) in [5, 5.41) is 8.97. The van der Waals surface area contributed by atoms with Crippen molar-refractivity contribution in [2.24, 2.45) is 5.92 Å². The molecule has 0 bridgehead atoms. The first-order chi connectivity index (χ1) is 8.67. The summed E-state index contributed by atoms with van der Waals surface area (Å²) in [6, 6.07) is 6.39. The monoisotopic (exact) mass is 248 g/mol. The molecule has 1 aromatic rings. The van der Waals surface area contributed by atoms with Gasteiger partial charge in [-0.05, 0) is 18.6 Å². The van der Waals surface area contributed by atoms with E-state index >= 15 is 0 Å². The van der Waals surface area contributed by atoms with Gasteiger partial charge >= 0.3 is 5.97 Å². The fourth-order valence-electron chi connectivity index (χ4n) is 2.23. The Labute approximate surface area is 105 Å². The Balaban J connectivity index is 2.23. The SMILES string of the molecule is COC(=O)C1CCN(c2cccc(F)c2C#N)C1. The van der Waals surface area contributed by atoms with E-state index in [9.17, 15) is 9.18 Å². The number of carbonyl (C=O) groups is 1. The normalized spacial score (nSPS) is 18.5. The van der Waals surface area contributed by atoms with E-state index in [-0.39, 0.29) is 17.5 Å². The minimum Gasteiger partial charge on any atom is -0.469 e. The summed E-state index contributed by atoms with van der Waals surface area (Å²) >= 11 is 0. The van der Waals surface area contributed by atoms with Crippen LogP contribution in [-0.2, 0) is 9.53 Å². The third-order valence-electron chi connectivity index (χ3n) is 3.17. The maximum atomic E-state index is 13.5. The minimum atomic E-state index is -0.531. The molecule has 1 unspecified atom stereocenters. The number of carbonyl (C=O) groups excluding carboxylic acids is 1. The average Bonchev–Trinajstić information content (AvgIpc) is 2.87. The zero-order valence-corrected chi connectivity index (χ0v) is 10.0. The van der Waals surface area contributed by atoms with Crippen molar-refractivity contribution in [2.45, 2.75) is 6.42 Å². The lowest BCUT2D eigenvalue weighted by atomic mass is 10.1. The highest BCUT2D eigenvalue weighted by atomic mass is 19.1. The van der Waals surface area contributed by atoms with Gasteiger partial charge in [0.1, 0.15) is 17.4 Å². The first-order valence-corrected chi connectivity index (χ1v) is 5.68. The Morgan fingerprint density at radius 1 is 1.61 bits per heavy atom. The molecule has 1 atom stereocenters. The molecule has 4 nitrogen and oxygen atoms in total. The Morgan fingerprint density at radius 3 is 3.06 bits per heavy atom. The Morgan fingerprint density at radius 2 is 2.39 bits per heavy atom. The molecule has 1 aliphatic rings. The van der Waals surface area contributed by atoms with Gasteiger partial charge in [0.05, 0.1) is 18.7 Å². The zero-order chi connectivity index (χ0) is 13.1. The van der Waals surface area contributed by atoms with Crippen LogP contribution < -0.4 is 4.90 Å². The molecule has 0 N–H and O–H groups in total. The van der Waals surface area contributed by atoms with Crippen LogP contribution in [0.5, 0.6) is 0 Å². The Hall–Kier alpha value is -2.09. The smallest absolute Gasteiger partial charge is 0.310 e. The van der Waals surface area contributed by atoms with E-state index in [2.05, 4.69) is 0 Å². The first-order valence-electron chi connectivity index (χ1n) is 5.68. The second-order valence-electron chi connectivity index (χ2n) is 4.20. The lowest BCUT2D eigenvalue weighted by molar-refractivity contribution is -0.144. The maximum absolute atomic E-state index is 13.5. The number of esters is 1. The molecule has 0 aromatic heterocycles. The predicted octanol–water partition coefficient (Wildman–Crippen LogP) is 1.70. The number of hydrogen-bond acceptors (Lipinski definition) is 4. The number of hydrogen-bond donors (Lipinski definition) is 0. The van der Waals surface area contributed by atoms with Gasteiger partial charge in [0, 0.05) is 13.1 Å². The molecule has 94 valence electrons. The number of rotatable bonds is 2. The quantitative estimate of drug-likeness (QED) is 0.747. The summed E-state index contributed by atoms with van der Waals surface area (Å²) < 4.78 is 18.2. The average molecular weight is 248 g/mol. The van der Waals surface area contributed by atoms with Gasteiger partial charge in [-0.1, -0.05) is 6.07 Å². The fourth-order valence-corrected chi connectivity index (χ4v) is 2.23. The summed E-state index contributed by atoms with van der Waals surface area (Å²) in [7, 11) is 1.36. The number of benzene rings is 1. The molecule has 1 aromatic carbocycles. The molecular formula is C13H13FN2O2. The van der Waals surface area contributed by atoms with Crippen molar-refractivity contribution in [2.75, 3.05) is 25.1 Å². The summed E-state index contributed by atoms with van der Waals surface area (Å²) in [5.74, 6) is -0.992. The van der Waals surface area contributed by atoms with Gasteiger partial charge in [-0.25, -0.2) is 4.39 Å². The van der Waals surface area contributed by atoms with Gasteiger partial charge in [-0.2, -0.15) is 5.26 Å². The third kappa shape index (κ3) is 2.14. The van der Waals surface area contributed by atoms with E-state index in [0.29, 0.717) is 25.2 Å². The van der Waals surface area contributed by atoms with Crippen LogP contribution in [0.3, 0.4) is 0 Å². The van der Waals surface area contributed by atoms with Crippen molar-refractivity contribution in [1.29, 1.82) is 5.26 Å². The van der Waals surface area contributed by atoms with Gasteiger partial charge in [-0.3, -0.25) is 4.79 Å². The fraction of sp³-hybridized carbons (Fsp3) is 0.385. The van der Waals surface area contributed by atoms with Crippen molar-refractivity contribution in [1.82, 2.24) is 0 Å². The topological polar surface area (TPSA) is 53.3 Å². The molecule has 1 aliphatic heterocycles. The molecule has 5 heteroatoms. The molecule has 0 radical (unpaired) electrons. The highest BCUT2D eigenvalue weighted by Crippen LogP contribution is 2.28. The molecule has 2 rings (SSSR count). The molecular weight excluding hydrogens is 235 g/mol. The number of ether oxygens (including phenoxy) is 1. The van der Waals surface area contributed by atoms with Crippen molar-refractivity contribution in [3.8, 4) is 6.07 Å². The van der Waals surface area contributed by atoms with Gasteiger partial charge in [-0.15, -0.1) is 0 Å². The van der Waals surface area contributed by atoms with Crippen LogP contribution in [0.2, 0.25) is 0 Å². The highest BCUT2D eigenvalue weighted by molar-refractivity contribution is 5.74. The van der Waals surface area contributed by atoms with Gasteiger partial charge < -0.3 is 9.64 Å². The molecule has 1 heterocycles. The molecule has 0 amide bonds. The van der Waals surface area contributed by atoms with E-state index in [1.807, 2.05) is 11.0 Å². The Kier molecular flexibility index (Phi) is 3.47. The number of halogens is 1. The van der Waals surface area contributed by atoms with Crippen LogP contribution in [-0.4, -0.2) is 26.2 Å². The molecule has 0 saturated carbocycles. The zero-order valence-electron chi connectivity index (χ0n) is 10.0. The van der Waals surface area contributed by atoms with Crippen LogP contribution in [0.15, 0.2) is 18.2 Å². The van der Waals surface area contributed by atoms with E-state index in [0.717, 1.165) is 0 Å². The van der Waals surface area contributed by atoms with Gasteiger partial charge in [0.15, 0.2) is 0 Å². The van der Waals surface area contributed by atoms with Crippen molar-refractivity contribution < 1.29 is 13.9 Å². The standard InChI is InChI=1S/C13H13FN2O2/c1-18-13(17)9-5-6-16(8-9)12-4-2-3-11(14)10(12)7-15/h2-4,9H,5-6,8H2,1H3. The number of nitrogens with zero attached hydrogens (tertiary/aromatic N) is 2. The molecule has 1 fully saturated rings. The third-order valence-corrected chi connectivity index (χ3v) is 3.17. The van der Waals surface area contributed by atoms with Crippen molar-refractivity contribution in [3.05, 3.63) is 29.6 Å². The van der Waals surface area contributed by atoms with E-state index in [1.165, 1.54) is 13.2 Å². The van der Waals surface area contributed by atoms with Crippen LogP contribution in [0.4, 0.5) is 10.1 Å². The number of methoxy groups -OCH3 is 1. The van der Waals surface area contributed by atoms with Crippen molar-refractivity contribution in [3.63, 3.8) is 0 Å². The summed E-state index contributed by atoms with van der Waals surface area (Å²) in [6.45, 7) is 1.09. The molecule has 18 heavy (non-hydrogen) atoms. The van der Waals surface area contributed by atoms with Crippen LogP contribution in [0.25, 0.3) is 0 Å². The van der Waals surface area contributed by atoms with Gasteiger partial charge in [0.25, 0.3) is 0 Å². The second kappa shape index (κ2) is 5.05. The number of nitriles is 1. The van der Waals surface area contributed by atoms with Crippen LogP contribution in [0.1, 0.15) is 12.0 Å².